The zero-order valence-electron chi connectivity index (χ0n) is 15.1. The van der Waals surface area contributed by atoms with E-state index >= 15 is 0 Å². The highest BCUT2D eigenvalue weighted by atomic mass is 16.5. The first-order valence-electron chi connectivity index (χ1n) is 9.70. The predicted octanol–water partition coefficient (Wildman–Crippen LogP) is 2.19. The Kier molecular flexibility index (Phi) is 5.26. The second-order valence-corrected chi connectivity index (χ2v) is 7.49. The molecule has 2 aliphatic rings. The quantitative estimate of drug-likeness (QED) is 0.754. The van der Waals surface area contributed by atoms with Crippen molar-refractivity contribution in [3.05, 3.63) is 24.4 Å². The first-order chi connectivity index (χ1) is 12.8. The Balaban J connectivity index is 1.30. The van der Waals surface area contributed by atoms with Crippen LogP contribution in [0, 0.1) is 5.92 Å². The minimum absolute atomic E-state index is 0.196. The Bertz CT molecular complexity index is 707. The van der Waals surface area contributed by atoms with E-state index in [4.69, 9.17) is 4.52 Å². The molecule has 1 amide bonds. The molecule has 140 valence electrons. The fraction of sp³-hybridized carbons (Fsp3) is 0.722. The largest absolute Gasteiger partial charge is 0.342 e. The molecule has 0 aromatic carbocycles. The topological polar surface area (TPSA) is 89.9 Å². The van der Waals surface area contributed by atoms with Crippen molar-refractivity contribution in [3.8, 4) is 0 Å². The van der Waals surface area contributed by atoms with Crippen molar-refractivity contribution in [2.24, 2.45) is 5.92 Å². The molecule has 1 saturated carbocycles. The number of carbonyl (C=O) groups excluding carboxylic acids is 1. The van der Waals surface area contributed by atoms with Gasteiger partial charge in [-0.25, -0.2) is 4.98 Å². The maximum atomic E-state index is 12.3. The summed E-state index contributed by atoms with van der Waals surface area (Å²) in [6, 6.07) is 0. The number of rotatable bonds is 7. The zero-order chi connectivity index (χ0) is 17.8. The average Bonchev–Trinajstić information content (AvgIpc) is 3.39. The summed E-state index contributed by atoms with van der Waals surface area (Å²) in [6.07, 6.45) is 11.4. The van der Waals surface area contributed by atoms with Crippen molar-refractivity contribution in [1.82, 2.24) is 29.8 Å². The molecule has 1 aliphatic heterocycles. The van der Waals surface area contributed by atoms with Crippen LogP contribution in [0.4, 0.5) is 0 Å². The second kappa shape index (κ2) is 7.97. The van der Waals surface area contributed by atoms with Crippen LogP contribution in [0.1, 0.15) is 62.6 Å². The van der Waals surface area contributed by atoms with Crippen molar-refractivity contribution in [1.29, 1.82) is 0 Å². The molecule has 0 N–H and O–H groups in total. The Morgan fingerprint density at radius 3 is 2.92 bits per heavy atom. The van der Waals surface area contributed by atoms with E-state index in [2.05, 4.69) is 20.2 Å². The van der Waals surface area contributed by atoms with Gasteiger partial charge in [0, 0.05) is 38.4 Å². The van der Waals surface area contributed by atoms with E-state index in [1.54, 1.807) is 11.0 Å². The van der Waals surface area contributed by atoms with Crippen LogP contribution in [-0.4, -0.2) is 48.8 Å². The lowest BCUT2D eigenvalue weighted by atomic mass is 9.95. The summed E-state index contributed by atoms with van der Waals surface area (Å²) in [7, 11) is 0. The maximum Gasteiger partial charge on any atom is 0.226 e. The van der Waals surface area contributed by atoms with Crippen LogP contribution in [0.3, 0.4) is 0 Å². The van der Waals surface area contributed by atoms with Gasteiger partial charge in [-0.3, -0.25) is 9.48 Å². The number of likely N-dealkylation sites (tertiary alicyclic amines) is 1. The molecule has 1 aliphatic carbocycles. The van der Waals surface area contributed by atoms with E-state index in [-0.39, 0.29) is 11.8 Å². The summed E-state index contributed by atoms with van der Waals surface area (Å²) in [5.74, 6) is 2.57. The monoisotopic (exact) mass is 358 g/mol. The summed E-state index contributed by atoms with van der Waals surface area (Å²) in [4.78, 5) is 22.8. The Labute approximate surface area is 153 Å². The standard InChI is InChI=1S/C18H26N6O2/c25-17-8-7-15(11-23(17)10-14-4-1-2-5-14)18-21-16(26-22-18)6-3-9-24-13-19-12-20-24/h12-15H,1-11H2. The first-order valence-corrected chi connectivity index (χ1v) is 9.70. The Morgan fingerprint density at radius 2 is 2.12 bits per heavy atom. The van der Waals surface area contributed by atoms with Gasteiger partial charge in [0.15, 0.2) is 5.82 Å². The van der Waals surface area contributed by atoms with Gasteiger partial charge in [-0.15, -0.1) is 0 Å². The molecule has 4 rings (SSSR count). The minimum atomic E-state index is 0.196. The third-order valence-corrected chi connectivity index (χ3v) is 5.55. The van der Waals surface area contributed by atoms with Gasteiger partial charge in [0.2, 0.25) is 11.8 Å². The van der Waals surface area contributed by atoms with Gasteiger partial charge in [0.1, 0.15) is 12.7 Å². The summed E-state index contributed by atoms with van der Waals surface area (Å²) in [6.45, 7) is 2.41. The Hall–Kier alpha value is -2.25. The predicted molar refractivity (Wildman–Crippen MR) is 93.2 cm³/mol. The summed E-state index contributed by atoms with van der Waals surface area (Å²) in [5, 5.41) is 8.27. The first kappa shape index (κ1) is 17.2. The van der Waals surface area contributed by atoms with Crippen molar-refractivity contribution in [2.75, 3.05) is 13.1 Å². The van der Waals surface area contributed by atoms with Crippen molar-refractivity contribution in [2.45, 2.75) is 63.8 Å². The number of hydrogen-bond donors (Lipinski definition) is 0. The molecule has 1 saturated heterocycles. The lowest BCUT2D eigenvalue weighted by Crippen LogP contribution is -2.41. The molecule has 3 heterocycles. The van der Waals surface area contributed by atoms with Gasteiger partial charge >= 0.3 is 0 Å². The summed E-state index contributed by atoms with van der Waals surface area (Å²) >= 11 is 0. The number of hydrogen-bond acceptors (Lipinski definition) is 6. The van der Waals surface area contributed by atoms with Crippen LogP contribution in [0.15, 0.2) is 17.2 Å². The number of aryl methyl sites for hydroxylation is 2. The normalized spacial score (nSPS) is 21.6. The molecule has 2 aromatic heterocycles. The number of nitrogens with zero attached hydrogens (tertiary/aromatic N) is 6. The van der Waals surface area contributed by atoms with Crippen LogP contribution < -0.4 is 0 Å². The molecule has 0 spiro atoms. The van der Waals surface area contributed by atoms with Crippen LogP contribution in [0.25, 0.3) is 0 Å². The maximum absolute atomic E-state index is 12.3. The average molecular weight is 358 g/mol. The van der Waals surface area contributed by atoms with E-state index in [0.29, 0.717) is 18.2 Å². The lowest BCUT2D eigenvalue weighted by Gasteiger charge is -2.33. The lowest BCUT2D eigenvalue weighted by molar-refractivity contribution is -0.134. The van der Waals surface area contributed by atoms with E-state index in [1.165, 1.54) is 32.0 Å². The smallest absolute Gasteiger partial charge is 0.226 e. The van der Waals surface area contributed by atoms with Crippen LogP contribution in [0.5, 0.6) is 0 Å². The highest BCUT2D eigenvalue weighted by Gasteiger charge is 2.31. The van der Waals surface area contributed by atoms with E-state index in [0.717, 1.165) is 44.7 Å². The SMILES string of the molecule is O=C1CCC(c2noc(CCCn3cncn3)n2)CN1CC1CCCC1. The highest BCUT2D eigenvalue weighted by Crippen LogP contribution is 2.30. The number of carbonyl (C=O) groups is 1. The highest BCUT2D eigenvalue weighted by molar-refractivity contribution is 5.77. The summed E-state index contributed by atoms with van der Waals surface area (Å²) in [5.41, 5.74) is 0. The number of amides is 1. The van der Waals surface area contributed by atoms with Crippen LogP contribution >= 0.6 is 0 Å². The van der Waals surface area contributed by atoms with Gasteiger partial charge in [0.05, 0.1) is 0 Å². The van der Waals surface area contributed by atoms with Crippen molar-refractivity contribution >= 4 is 5.91 Å². The molecule has 0 bridgehead atoms. The number of aromatic nitrogens is 5. The van der Waals surface area contributed by atoms with Crippen LogP contribution in [-0.2, 0) is 17.8 Å². The second-order valence-electron chi connectivity index (χ2n) is 7.49. The molecular weight excluding hydrogens is 332 g/mol. The molecule has 2 fully saturated rings. The van der Waals surface area contributed by atoms with Gasteiger partial charge in [0.25, 0.3) is 0 Å². The molecule has 26 heavy (non-hydrogen) atoms. The third kappa shape index (κ3) is 4.11. The molecule has 2 aromatic rings. The zero-order valence-corrected chi connectivity index (χ0v) is 15.1. The van der Waals surface area contributed by atoms with Gasteiger partial charge in [-0.2, -0.15) is 10.1 Å². The van der Waals surface area contributed by atoms with E-state index in [1.807, 2.05) is 4.90 Å². The van der Waals surface area contributed by atoms with Gasteiger partial charge < -0.3 is 9.42 Å². The van der Waals surface area contributed by atoms with E-state index < -0.39 is 0 Å². The minimum Gasteiger partial charge on any atom is -0.342 e. The van der Waals surface area contributed by atoms with Gasteiger partial charge in [-0.05, 0) is 31.6 Å². The Morgan fingerprint density at radius 1 is 1.23 bits per heavy atom. The molecule has 8 nitrogen and oxygen atoms in total. The van der Waals surface area contributed by atoms with Crippen molar-refractivity contribution < 1.29 is 9.32 Å². The summed E-state index contributed by atoms with van der Waals surface area (Å²) < 4.78 is 7.22. The van der Waals surface area contributed by atoms with E-state index in [9.17, 15) is 4.79 Å². The molecular formula is C18H26N6O2. The molecule has 1 unspecified atom stereocenters. The fourth-order valence-corrected chi connectivity index (χ4v) is 4.08. The fourth-order valence-electron chi connectivity index (χ4n) is 4.08. The molecule has 1 atom stereocenters. The van der Waals surface area contributed by atoms with Crippen LogP contribution in [0.2, 0.25) is 0 Å². The van der Waals surface area contributed by atoms with Crippen molar-refractivity contribution in [3.63, 3.8) is 0 Å². The number of piperidine rings is 1. The molecule has 0 radical (unpaired) electrons. The molecule has 8 heteroatoms. The van der Waals surface area contributed by atoms with Gasteiger partial charge in [-0.1, -0.05) is 18.0 Å². The third-order valence-electron chi connectivity index (χ3n) is 5.55.